The number of aryl methyl sites for hydroxylation is 3. The first-order valence-electron chi connectivity index (χ1n) is 8.64. The van der Waals surface area contributed by atoms with Gasteiger partial charge in [-0.15, -0.1) is 0 Å². The van der Waals surface area contributed by atoms with Gasteiger partial charge < -0.3 is 15.4 Å². The average Bonchev–Trinajstić information content (AvgIpc) is 2.58. The molecule has 24 heavy (non-hydrogen) atoms. The first-order chi connectivity index (χ1) is 11.7. The molecule has 130 valence electrons. The van der Waals surface area contributed by atoms with Crippen LogP contribution in [-0.2, 0) is 17.6 Å². The zero-order valence-corrected chi connectivity index (χ0v) is 15.1. The van der Waals surface area contributed by atoms with Gasteiger partial charge in [-0.3, -0.25) is 0 Å². The molecule has 0 aliphatic carbocycles. The van der Waals surface area contributed by atoms with Crippen molar-refractivity contribution in [2.75, 3.05) is 30.9 Å². The van der Waals surface area contributed by atoms with Crippen molar-refractivity contribution in [3.63, 3.8) is 0 Å². The number of anilines is 3. The van der Waals surface area contributed by atoms with Crippen molar-refractivity contribution < 1.29 is 4.74 Å². The molecule has 1 aromatic heterocycles. The molecule has 0 spiro atoms. The molecule has 0 saturated heterocycles. The number of methoxy groups -OCH3 is 1. The zero-order valence-electron chi connectivity index (χ0n) is 15.1. The van der Waals surface area contributed by atoms with Crippen LogP contribution in [0.5, 0.6) is 0 Å². The van der Waals surface area contributed by atoms with E-state index in [0.717, 1.165) is 43.9 Å². The van der Waals surface area contributed by atoms with E-state index in [0.29, 0.717) is 5.95 Å². The number of aromatic nitrogens is 2. The summed E-state index contributed by atoms with van der Waals surface area (Å²) >= 11 is 0. The Balaban J connectivity index is 2.19. The molecular formula is C19H28N4O. The predicted octanol–water partition coefficient (Wildman–Crippen LogP) is 4.10. The first-order valence-corrected chi connectivity index (χ1v) is 8.64. The molecule has 5 nitrogen and oxygen atoms in total. The predicted molar refractivity (Wildman–Crippen MR) is 100 cm³/mol. The first kappa shape index (κ1) is 18.2. The lowest BCUT2D eigenvalue weighted by molar-refractivity contribution is 0.197. The summed E-state index contributed by atoms with van der Waals surface area (Å²) in [6.07, 6.45) is 2.90. The van der Waals surface area contributed by atoms with Crippen molar-refractivity contribution in [1.29, 1.82) is 0 Å². The summed E-state index contributed by atoms with van der Waals surface area (Å²) in [6.45, 7) is 7.86. The molecular weight excluding hydrogens is 300 g/mol. The fraction of sp³-hybridized carbons (Fsp3) is 0.474. The van der Waals surface area contributed by atoms with Crippen molar-refractivity contribution in [3.05, 3.63) is 41.1 Å². The van der Waals surface area contributed by atoms with Crippen LogP contribution in [0.25, 0.3) is 0 Å². The van der Waals surface area contributed by atoms with Crippen LogP contribution in [0.15, 0.2) is 24.3 Å². The Bertz CT molecular complexity index is 636. The minimum atomic E-state index is 0.653. The van der Waals surface area contributed by atoms with Crippen LogP contribution < -0.4 is 10.6 Å². The third kappa shape index (κ3) is 4.93. The maximum Gasteiger partial charge on any atom is 0.224 e. The third-order valence-corrected chi connectivity index (χ3v) is 3.91. The van der Waals surface area contributed by atoms with Crippen LogP contribution in [-0.4, -0.2) is 30.2 Å². The molecule has 2 aromatic rings. The Morgan fingerprint density at radius 1 is 1.08 bits per heavy atom. The van der Waals surface area contributed by atoms with Crippen LogP contribution in [0, 0.1) is 6.92 Å². The minimum Gasteiger partial charge on any atom is -0.385 e. The zero-order chi connectivity index (χ0) is 17.4. The van der Waals surface area contributed by atoms with Gasteiger partial charge in [-0.25, -0.2) is 4.98 Å². The molecule has 0 atom stereocenters. The fourth-order valence-electron chi connectivity index (χ4n) is 2.66. The fourth-order valence-corrected chi connectivity index (χ4v) is 2.66. The highest BCUT2D eigenvalue weighted by molar-refractivity contribution is 5.66. The van der Waals surface area contributed by atoms with Gasteiger partial charge in [0, 0.05) is 37.7 Å². The van der Waals surface area contributed by atoms with Crippen molar-refractivity contribution in [2.45, 2.75) is 40.0 Å². The van der Waals surface area contributed by atoms with E-state index in [1.165, 1.54) is 16.8 Å². The number of nitrogens with zero attached hydrogens (tertiary/aromatic N) is 2. The topological polar surface area (TPSA) is 59.1 Å². The molecule has 0 radical (unpaired) electrons. The summed E-state index contributed by atoms with van der Waals surface area (Å²) < 4.78 is 5.06. The molecule has 0 amide bonds. The standard InChI is InChI=1S/C19H28N4O/c1-5-15-9-7-10-16(6-2)18(15)22-17-13-14(3)21-19(23-17)20-11-8-12-24-4/h7,9-10,13H,5-6,8,11-12H2,1-4H3,(H2,20,21,22,23). The van der Waals surface area contributed by atoms with Crippen LogP contribution in [0.1, 0.15) is 37.1 Å². The lowest BCUT2D eigenvalue weighted by Crippen LogP contribution is -2.10. The summed E-state index contributed by atoms with van der Waals surface area (Å²) in [5.41, 5.74) is 4.72. The van der Waals surface area contributed by atoms with E-state index in [1.807, 2.05) is 13.0 Å². The second kappa shape index (κ2) is 9.23. The van der Waals surface area contributed by atoms with Gasteiger partial charge in [0.2, 0.25) is 5.95 Å². The summed E-state index contributed by atoms with van der Waals surface area (Å²) in [5, 5.41) is 6.77. The molecule has 2 rings (SSSR count). The van der Waals surface area contributed by atoms with E-state index in [4.69, 9.17) is 4.74 Å². The van der Waals surface area contributed by atoms with E-state index in [2.05, 4.69) is 52.6 Å². The SMILES string of the molecule is CCc1cccc(CC)c1Nc1cc(C)nc(NCCCOC)n1. The highest BCUT2D eigenvalue weighted by Crippen LogP contribution is 2.26. The molecule has 0 aliphatic rings. The summed E-state index contributed by atoms with van der Waals surface area (Å²) in [5.74, 6) is 1.48. The van der Waals surface area contributed by atoms with Crippen LogP contribution in [0.3, 0.4) is 0 Å². The number of para-hydroxylation sites is 1. The molecule has 5 heteroatoms. The van der Waals surface area contributed by atoms with Crippen molar-refractivity contribution in [2.24, 2.45) is 0 Å². The van der Waals surface area contributed by atoms with Gasteiger partial charge in [0.25, 0.3) is 0 Å². The third-order valence-electron chi connectivity index (χ3n) is 3.91. The van der Waals surface area contributed by atoms with E-state index in [1.54, 1.807) is 7.11 Å². The molecule has 1 aromatic carbocycles. The lowest BCUT2D eigenvalue weighted by atomic mass is 10.0. The lowest BCUT2D eigenvalue weighted by Gasteiger charge is -2.16. The molecule has 0 unspecified atom stereocenters. The van der Waals surface area contributed by atoms with Crippen LogP contribution in [0.2, 0.25) is 0 Å². The van der Waals surface area contributed by atoms with Crippen molar-refractivity contribution in [1.82, 2.24) is 9.97 Å². The Morgan fingerprint density at radius 3 is 2.42 bits per heavy atom. The summed E-state index contributed by atoms with van der Waals surface area (Å²) in [7, 11) is 1.71. The van der Waals surface area contributed by atoms with Gasteiger partial charge in [-0.05, 0) is 37.3 Å². The number of ether oxygens (including phenoxy) is 1. The quantitative estimate of drug-likeness (QED) is 0.679. The summed E-state index contributed by atoms with van der Waals surface area (Å²) in [6, 6.07) is 8.43. The smallest absolute Gasteiger partial charge is 0.224 e. The van der Waals surface area contributed by atoms with Gasteiger partial charge in [0.1, 0.15) is 5.82 Å². The second-order valence-electron chi connectivity index (χ2n) is 5.77. The Labute approximate surface area is 144 Å². The van der Waals surface area contributed by atoms with Crippen molar-refractivity contribution in [3.8, 4) is 0 Å². The molecule has 1 heterocycles. The normalized spacial score (nSPS) is 10.7. The number of rotatable bonds is 9. The van der Waals surface area contributed by atoms with Crippen LogP contribution in [0.4, 0.5) is 17.5 Å². The number of benzene rings is 1. The Hall–Kier alpha value is -2.14. The Morgan fingerprint density at radius 2 is 1.79 bits per heavy atom. The van der Waals surface area contributed by atoms with Gasteiger partial charge in [-0.1, -0.05) is 32.0 Å². The molecule has 0 saturated carbocycles. The number of hydrogen-bond acceptors (Lipinski definition) is 5. The maximum atomic E-state index is 5.06. The van der Waals surface area contributed by atoms with Crippen LogP contribution >= 0.6 is 0 Å². The number of hydrogen-bond donors (Lipinski definition) is 2. The van der Waals surface area contributed by atoms with E-state index in [-0.39, 0.29) is 0 Å². The maximum absolute atomic E-state index is 5.06. The molecule has 0 fully saturated rings. The van der Waals surface area contributed by atoms with Gasteiger partial charge in [0.15, 0.2) is 0 Å². The Kier molecular flexibility index (Phi) is 7.00. The van der Waals surface area contributed by atoms with E-state index >= 15 is 0 Å². The monoisotopic (exact) mass is 328 g/mol. The summed E-state index contributed by atoms with van der Waals surface area (Å²) in [4.78, 5) is 9.06. The number of nitrogens with one attached hydrogen (secondary N) is 2. The van der Waals surface area contributed by atoms with E-state index < -0.39 is 0 Å². The van der Waals surface area contributed by atoms with Gasteiger partial charge in [0.05, 0.1) is 0 Å². The minimum absolute atomic E-state index is 0.653. The molecule has 2 N–H and O–H groups in total. The van der Waals surface area contributed by atoms with Gasteiger partial charge >= 0.3 is 0 Å². The van der Waals surface area contributed by atoms with Gasteiger partial charge in [-0.2, -0.15) is 4.98 Å². The van der Waals surface area contributed by atoms with E-state index in [9.17, 15) is 0 Å². The largest absolute Gasteiger partial charge is 0.385 e. The second-order valence-corrected chi connectivity index (χ2v) is 5.77. The molecule has 0 bridgehead atoms. The highest BCUT2D eigenvalue weighted by Gasteiger charge is 2.09. The highest BCUT2D eigenvalue weighted by atomic mass is 16.5. The molecule has 0 aliphatic heterocycles. The van der Waals surface area contributed by atoms with Crippen molar-refractivity contribution >= 4 is 17.5 Å². The average molecular weight is 328 g/mol.